The van der Waals surface area contributed by atoms with Crippen LogP contribution in [0.3, 0.4) is 0 Å². The summed E-state index contributed by atoms with van der Waals surface area (Å²) >= 11 is 0. The van der Waals surface area contributed by atoms with Gasteiger partial charge in [-0.3, -0.25) is 19.2 Å². The Balaban J connectivity index is 5.69. The molecule has 4 amide bonds. The molecule has 0 heterocycles. The predicted octanol–water partition coefficient (Wildman–Crippen LogP) is -0.134. The van der Waals surface area contributed by atoms with Gasteiger partial charge in [0.25, 0.3) is 0 Å². The first kappa shape index (κ1) is 30.3. The van der Waals surface area contributed by atoms with Crippen LogP contribution in [-0.2, 0) is 24.0 Å². The third-order valence-electron chi connectivity index (χ3n) is 5.90. The zero-order valence-corrected chi connectivity index (χ0v) is 20.5. The fourth-order valence-electron chi connectivity index (χ4n) is 3.01. The van der Waals surface area contributed by atoms with Crippen LogP contribution < -0.4 is 27.4 Å². The van der Waals surface area contributed by atoms with Gasteiger partial charge in [0.05, 0.1) is 6.04 Å². The van der Waals surface area contributed by atoms with Crippen LogP contribution in [0.25, 0.3) is 0 Å². The number of amides is 4. The standard InChI is InChI=1S/C22H41N5O6/c1-7-12(5)17(26-20(30)16(24)11(3)4)21(31)25-14(9-10-15(23)28)19(29)27-18(22(32)33)13(6)8-2/h11-14,16-18H,7-10,24H2,1-6H3,(H2,23,28)(H,25,31)(H,26,30)(H,27,29)(H,32,33). The highest BCUT2D eigenvalue weighted by molar-refractivity contribution is 5.94. The molecule has 0 rings (SSSR count). The fraction of sp³-hybridized carbons (Fsp3) is 0.773. The summed E-state index contributed by atoms with van der Waals surface area (Å²) in [6, 6.07) is -4.16. The first-order valence-electron chi connectivity index (χ1n) is 11.4. The van der Waals surface area contributed by atoms with Crippen molar-refractivity contribution in [3.05, 3.63) is 0 Å². The molecule has 11 heteroatoms. The predicted molar refractivity (Wildman–Crippen MR) is 124 cm³/mol. The molecule has 0 aromatic rings. The molecule has 0 spiro atoms. The third kappa shape index (κ3) is 10.2. The minimum absolute atomic E-state index is 0.119. The van der Waals surface area contributed by atoms with E-state index in [0.717, 1.165) is 0 Å². The summed E-state index contributed by atoms with van der Waals surface area (Å²) in [5.74, 6) is -4.53. The lowest BCUT2D eigenvalue weighted by atomic mass is 9.96. The molecule has 0 saturated heterocycles. The Bertz CT molecular complexity index is 699. The lowest BCUT2D eigenvalue weighted by Gasteiger charge is -2.29. The minimum atomic E-state index is -1.21. The second-order valence-corrected chi connectivity index (χ2v) is 8.92. The Morgan fingerprint density at radius 1 is 0.788 bits per heavy atom. The van der Waals surface area contributed by atoms with Gasteiger partial charge in [0.2, 0.25) is 23.6 Å². The maximum atomic E-state index is 13.1. The number of rotatable bonds is 15. The van der Waals surface area contributed by atoms with Gasteiger partial charge in [-0.1, -0.05) is 54.4 Å². The Morgan fingerprint density at radius 2 is 1.27 bits per heavy atom. The van der Waals surface area contributed by atoms with Gasteiger partial charge in [-0.15, -0.1) is 0 Å². The molecular formula is C22H41N5O6. The molecule has 11 nitrogen and oxygen atoms in total. The maximum absolute atomic E-state index is 13.1. The van der Waals surface area contributed by atoms with E-state index < -0.39 is 53.8 Å². The van der Waals surface area contributed by atoms with Crippen LogP contribution in [0.4, 0.5) is 0 Å². The van der Waals surface area contributed by atoms with Gasteiger partial charge >= 0.3 is 5.97 Å². The Hall–Kier alpha value is -2.69. The third-order valence-corrected chi connectivity index (χ3v) is 5.90. The molecule has 0 aromatic heterocycles. The molecule has 0 fully saturated rings. The van der Waals surface area contributed by atoms with E-state index in [4.69, 9.17) is 11.5 Å². The smallest absolute Gasteiger partial charge is 0.326 e. The van der Waals surface area contributed by atoms with E-state index in [1.807, 2.05) is 6.92 Å². The van der Waals surface area contributed by atoms with Crippen LogP contribution >= 0.6 is 0 Å². The zero-order valence-electron chi connectivity index (χ0n) is 20.5. The molecule has 0 aromatic carbocycles. The summed E-state index contributed by atoms with van der Waals surface area (Å²) in [5, 5.41) is 17.1. The number of hydrogen-bond donors (Lipinski definition) is 6. The molecule has 0 saturated carbocycles. The molecule has 0 aliphatic rings. The number of hydrogen-bond acceptors (Lipinski definition) is 6. The number of carboxylic acids is 1. The van der Waals surface area contributed by atoms with Gasteiger partial charge in [0.1, 0.15) is 18.1 Å². The second-order valence-electron chi connectivity index (χ2n) is 8.92. The van der Waals surface area contributed by atoms with E-state index in [9.17, 15) is 29.1 Å². The van der Waals surface area contributed by atoms with Crippen LogP contribution in [0.1, 0.15) is 67.2 Å². The SMILES string of the molecule is CCC(C)C(NC(=O)C(CCC(N)=O)NC(=O)C(NC(=O)C(N)C(C)C)C(C)CC)C(=O)O. The van der Waals surface area contributed by atoms with E-state index in [1.54, 1.807) is 34.6 Å². The summed E-state index contributed by atoms with van der Waals surface area (Å²) in [4.78, 5) is 61.3. The molecule has 190 valence electrons. The largest absolute Gasteiger partial charge is 0.480 e. The lowest BCUT2D eigenvalue weighted by Crippen LogP contribution is -2.59. The van der Waals surface area contributed by atoms with E-state index in [0.29, 0.717) is 12.8 Å². The van der Waals surface area contributed by atoms with E-state index in [-0.39, 0.29) is 30.6 Å². The first-order chi connectivity index (χ1) is 15.3. The van der Waals surface area contributed by atoms with Crippen molar-refractivity contribution in [2.45, 2.75) is 91.4 Å². The molecular weight excluding hydrogens is 430 g/mol. The topological polar surface area (TPSA) is 194 Å². The number of primary amides is 1. The van der Waals surface area contributed by atoms with Gasteiger partial charge in [-0.25, -0.2) is 4.79 Å². The van der Waals surface area contributed by atoms with Crippen molar-refractivity contribution < 1.29 is 29.1 Å². The average molecular weight is 472 g/mol. The molecule has 8 N–H and O–H groups in total. The highest BCUT2D eigenvalue weighted by Crippen LogP contribution is 2.12. The van der Waals surface area contributed by atoms with Gasteiger partial charge in [-0.05, 0) is 24.2 Å². The highest BCUT2D eigenvalue weighted by Gasteiger charge is 2.33. The summed E-state index contributed by atoms with van der Waals surface area (Å²) in [5.41, 5.74) is 11.1. The Labute approximate surface area is 195 Å². The van der Waals surface area contributed by atoms with Gasteiger partial charge in [-0.2, -0.15) is 0 Å². The molecule has 0 bridgehead atoms. The van der Waals surface area contributed by atoms with Gasteiger partial charge < -0.3 is 32.5 Å². The number of carbonyl (C=O) groups excluding carboxylic acids is 4. The van der Waals surface area contributed by atoms with E-state index in [2.05, 4.69) is 16.0 Å². The van der Waals surface area contributed by atoms with Crippen LogP contribution in [0.2, 0.25) is 0 Å². The summed E-state index contributed by atoms with van der Waals surface area (Å²) in [7, 11) is 0. The second kappa shape index (κ2) is 14.5. The van der Waals surface area contributed by atoms with Crippen molar-refractivity contribution in [3.8, 4) is 0 Å². The Kier molecular flexibility index (Phi) is 13.3. The Morgan fingerprint density at radius 3 is 1.70 bits per heavy atom. The average Bonchev–Trinajstić information content (AvgIpc) is 2.75. The number of nitrogens with one attached hydrogen (secondary N) is 3. The van der Waals surface area contributed by atoms with Crippen molar-refractivity contribution in [2.24, 2.45) is 29.2 Å². The molecule has 6 atom stereocenters. The number of carboxylic acid groups (broad SMARTS) is 1. The fourth-order valence-corrected chi connectivity index (χ4v) is 3.01. The van der Waals surface area contributed by atoms with Crippen LogP contribution in [0.5, 0.6) is 0 Å². The molecule has 0 aliphatic heterocycles. The molecule has 0 aliphatic carbocycles. The van der Waals surface area contributed by atoms with Crippen molar-refractivity contribution in [2.75, 3.05) is 0 Å². The van der Waals surface area contributed by atoms with Crippen molar-refractivity contribution in [1.29, 1.82) is 0 Å². The monoisotopic (exact) mass is 471 g/mol. The normalized spacial score (nSPS) is 16.6. The molecule has 0 radical (unpaired) electrons. The maximum Gasteiger partial charge on any atom is 0.326 e. The van der Waals surface area contributed by atoms with Crippen molar-refractivity contribution in [1.82, 2.24) is 16.0 Å². The minimum Gasteiger partial charge on any atom is -0.480 e. The van der Waals surface area contributed by atoms with Crippen LogP contribution in [0, 0.1) is 17.8 Å². The van der Waals surface area contributed by atoms with Crippen molar-refractivity contribution >= 4 is 29.6 Å². The quantitative estimate of drug-likeness (QED) is 0.191. The van der Waals surface area contributed by atoms with Crippen molar-refractivity contribution in [3.63, 3.8) is 0 Å². The number of nitrogens with two attached hydrogens (primary N) is 2. The van der Waals surface area contributed by atoms with Gasteiger partial charge in [0.15, 0.2) is 0 Å². The first-order valence-corrected chi connectivity index (χ1v) is 11.4. The highest BCUT2D eigenvalue weighted by atomic mass is 16.4. The lowest BCUT2D eigenvalue weighted by molar-refractivity contribution is -0.144. The zero-order chi connectivity index (χ0) is 25.9. The van der Waals surface area contributed by atoms with E-state index in [1.165, 1.54) is 0 Å². The summed E-state index contributed by atoms with van der Waals surface area (Å²) < 4.78 is 0. The number of carbonyl (C=O) groups is 5. The summed E-state index contributed by atoms with van der Waals surface area (Å²) in [6.07, 6.45) is 0.751. The van der Waals surface area contributed by atoms with Crippen LogP contribution in [0.15, 0.2) is 0 Å². The van der Waals surface area contributed by atoms with Gasteiger partial charge in [0, 0.05) is 6.42 Å². The number of aliphatic carboxylic acids is 1. The molecule has 6 unspecified atom stereocenters. The van der Waals surface area contributed by atoms with Crippen LogP contribution in [-0.4, -0.2) is 58.9 Å². The van der Waals surface area contributed by atoms with E-state index >= 15 is 0 Å². The molecule has 33 heavy (non-hydrogen) atoms. The summed E-state index contributed by atoms with van der Waals surface area (Å²) in [6.45, 7) is 10.7.